The van der Waals surface area contributed by atoms with Gasteiger partial charge in [0, 0.05) is 25.7 Å². The summed E-state index contributed by atoms with van der Waals surface area (Å²) in [4.78, 5) is 24.9. The van der Waals surface area contributed by atoms with E-state index in [0.717, 1.165) is 0 Å². The predicted molar refractivity (Wildman–Crippen MR) is 51.0 cm³/mol. The maximum Gasteiger partial charge on any atom is 0.407 e. The minimum atomic E-state index is -0.928. The lowest BCUT2D eigenvalue weighted by Gasteiger charge is -2.37. The van der Waals surface area contributed by atoms with Gasteiger partial charge in [-0.2, -0.15) is 0 Å². The van der Waals surface area contributed by atoms with Crippen LogP contribution in [-0.2, 0) is 4.79 Å². The number of amides is 2. The van der Waals surface area contributed by atoms with Crippen LogP contribution in [-0.4, -0.2) is 52.6 Å². The van der Waals surface area contributed by atoms with E-state index in [1.54, 1.807) is 11.8 Å². The van der Waals surface area contributed by atoms with Crippen LogP contribution in [0.25, 0.3) is 0 Å². The summed E-state index contributed by atoms with van der Waals surface area (Å²) < 4.78 is 0. The molecule has 1 rings (SSSR count). The van der Waals surface area contributed by atoms with Crippen molar-refractivity contribution < 1.29 is 14.7 Å². The average Bonchev–Trinajstić information content (AvgIpc) is 2.15. The quantitative estimate of drug-likeness (QED) is 0.620. The summed E-state index contributed by atoms with van der Waals surface area (Å²) >= 11 is 0. The highest BCUT2D eigenvalue weighted by atomic mass is 16.4. The Morgan fingerprint density at radius 1 is 1.50 bits per heavy atom. The molecular formula is C9H14N2O3. The smallest absolute Gasteiger partial charge is 0.407 e. The highest BCUT2D eigenvalue weighted by Gasteiger charge is 2.28. The van der Waals surface area contributed by atoms with Crippen molar-refractivity contribution in [3.63, 3.8) is 0 Å². The SMILES string of the molecule is C=CC(=O)N1CCN(C(=O)O)[C@@H](C)C1. The third kappa shape index (κ3) is 2.04. The van der Waals surface area contributed by atoms with Crippen LogP contribution in [0.1, 0.15) is 6.92 Å². The Morgan fingerprint density at radius 2 is 2.14 bits per heavy atom. The summed E-state index contributed by atoms with van der Waals surface area (Å²) in [6, 6.07) is -0.148. The van der Waals surface area contributed by atoms with E-state index < -0.39 is 6.09 Å². The Labute approximate surface area is 82.6 Å². The number of hydrogen-bond acceptors (Lipinski definition) is 2. The Bertz CT molecular complexity index is 265. The van der Waals surface area contributed by atoms with E-state index in [1.807, 2.05) is 0 Å². The van der Waals surface area contributed by atoms with E-state index in [9.17, 15) is 9.59 Å². The van der Waals surface area contributed by atoms with Gasteiger partial charge in [-0.05, 0) is 13.0 Å². The van der Waals surface area contributed by atoms with Gasteiger partial charge in [-0.15, -0.1) is 0 Å². The molecule has 1 saturated heterocycles. The van der Waals surface area contributed by atoms with Crippen LogP contribution >= 0.6 is 0 Å². The van der Waals surface area contributed by atoms with E-state index in [1.165, 1.54) is 11.0 Å². The maximum absolute atomic E-state index is 11.2. The molecule has 0 radical (unpaired) electrons. The van der Waals surface area contributed by atoms with Crippen LogP contribution in [0.15, 0.2) is 12.7 Å². The van der Waals surface area contributed by atoms with Crippen molar-refractivity contribution in [1.29, 1.82) is 0 Å². The van der Waals surface area contributed by atoms with Crippen molar-refractivity contribution in [1.82, 2.24) is 9.80 Å². The zero-order chi connectivity index (χ0) is 10.7. The zero-order valence-corrected chi connectivity index (χ0v) is 8.14. The van der Waals surface area contributed by atoms with Gasteiger partial charge in [-0.25, -0.2) is 4.79 Å². The highest BCUT2D eigenvalue weighted by molar-refractivity contribution is 5.87. The maximum atomic E-state index is 11.2. The number of piperazine rings is 1. The molecule has 0 saturated carbocycles. The lowest BCUT2D eigenvalue weighted by atomic mass is 10.2. The van der Waals surface area contributed by atoms with E-state index in [0.29, 0.717) is 19.6 Å². The first-order chi connectivity index (χ1) is 6.56. The molecule has 0 aromatic carbocycles. The summed E-state index contributed by atoms with van der Waals surface area (Å²) in [5, 5.41) is 8.79. The number of hydrogen-bond donors (Lipinski definition) is 1. The first-order valence-electron chi connectivity index (χ1n) is 4.47. The molecule has 1 fully saturated rings. The number of carbonyl (C=O) groups excluding carboxylic acids is 1. The molecule has 0 aliphatic carbocycles. The van der Waals surface area contributed by atoms with Gasteiger partial charge in [0.05, 0.1) is 0 Å². The zero-order valence-electron chi connectivity index (χ0n) is 8.14. The second-order valence-electron chi connectivity index (χ2n) is 3.31. The van der Waals surface area contributed by atoms with Gasteiger partial charge in [-0.1, -0.05) is 6.58 Å². The minimum Gasteiger partial charge on any atom is -0.465 e. The number of carbonyl (C=O) groups is 2. The molecule has 2 amide bonds. The lowest BCUT2D eigenvalue weighted by Crippen LogP contribution is -2.54. The van der Waals surface area contributed by atoms with Crippen molar-refractivity contribution in [3.8, 4) is 0 Å². The Kier molecular flexibility index (Phi) is 3.11. The van der Waals surface area contributed by atoms with Gasteiger partial charge in [0.2, 0.25) is 5.91 Å². The molecule has 0 aromatic heterocycles. The van der Waals surface area contributed by atoms with Crippen molar-refractivity contribution in [2.75, 3.05) is 19.6 Å². The molecule has 0 aromatic rings. The Hall–Kier alpha value is -1.52. The molecule has 78 valence electrons. The Balaban J connectivity index is 2.59. The lowest BCUT2D eigenvalue weighted by molar-refractivity contribution is -0.128. The fourth-order valence-corrected chi connectivity index (χ4v) is 1.57. The molecule has 5 nitrogen and oxygen atoms in total. The third-order valence-electron chi connectivity index (χ3n) is 2.36. The second-order valence-corrected chi connectivity index (χ2v) is 3.31. The molecule has 5 heteroatoms. The van der Waals surface area contributed by atoms with Crippen molar-refractivity contribution in [2.24, 2.45) is 0 Å². The molecule has 1 atom stereocenters. The van der Waals surface area contributed by atoms with E-state index in [2.05, 4.69) is 6.58 Å². The normalized spacial score (nSPS) is 21.9. The molecule has 1 N–H and O–H groups in total. The van der Waals surface area contributed by atoms with Gasteiger partial charge in [0.25, 0.3) is 0 Å². The van der Waals surface area contributed by atoms with Crippen LogP contribution in [0.5, 0.6) is 0 Å². The Morgan fingerprint density at radius 3 is 2.57 bits per heavy atom. The topological polar surface area (TPSA) is 60.9 Å². The van der Waals surface area contributed by atoms with E-state index in [4.69, 9.17) is 5.11 Å². The molecule has 0 spiro atoms. The van der Waals surface area contributed by atoms with Crippen LogP contribution in [0.4, 0.5) is 4.79 Å². The fourth-order valence-electron chi connectivity index (χ4n) is 1.57. The third-order valence-corrected chi connectivity index (χ3v) is 2.36. The van der Waals surface area contributed by atoms with Gasteiger partial charge in [0.1, 0.15) is 0 Å². The number of nitrogens with zero attached hydrogens (tertiary/aromatic N) is 2. The molecule has 14 heavy (non-hydrogen) atoms. The van der Waals surface area contributed by atoms with Crippen molar-refractivity contribution in [2.45, 2.75) is 13.0 Å². The van der Waals surface area contributed by atoms with Crippen LogP contribution < -0.4 is 0 Å². The van der Waals surface area contributed by atoms with Gasteiger partial charge in [-0.3, -0.25) is 4.79 Å². The highest BCUT2D eigenvalue weighted by Crippen LogP contribution is 2.09. The summed E-state index contributed by atoms with van der Waals surface area (Å²) in [5.74, 6) is -0.137. The van der Waals surface area contributed by atoms with Gasteiger partial charge in [0.15, 0.2) is 0 Å². The number of carboxylic acid groups (broad SMARTS) is 1. The summed E-state index contributed by atoms with van der Waals surface area (Å²) in [6.45, 7) is 6.44. The molecule has 0 unspecified atom stereocenters. The number of rotatable bonds is 1. The van der Waals surface area contributed by atoms with Crippen LogP contribution in [0.2, 0.25) is 0 Å². The minimum absolute atomic E-state index is 0.137. The molecule has 0 bridgehead atoms. The first-order valence-corrected chi connectivity index (χ1v) is 4.47. The summed E-state index contributed by atoms with van der Waals surface area (Å²) in [6.07, 6.45) is 0.326. The molecule has 1 aliphatic rings. The summed E-state index contributed by atoms with van der Waals surface area (Å²) in [7, 11) is 0. The van der Waals surface area contributed by atoms with Crippen LogP contribution in [0.3, 0.4) is 0 Å². The summed E-state index contributed by atoms with van der Waals surface area (Å²) in [5.41, 5.74) is 0. The fraction of sp³-hybridized carbons (Fsp3) is 0.556. The largest absolute Gasteiger partial charge is 0.465 e. The molecule has 1 heterocycles. The second kappa shape index (κ2) is 4.13. The van der Waals surface area contributed by atoms with Crippen molar-refractivity contribution >= 4 is 12.0 Å². The first kappa shape index (κ1) is 10.6. The van der Waals surface area contributed by atoms with E-state index in [-0.39, 0.29) is 11.9 Å². The molecular weight excluding hydrogens is 184 g/mol. The molecule has 1 aliphatic heterocycles. The van der Waals surface area contributed by atoms with Crippen LogP contribution in [0, 0.1) is 0 Å². The van der Waals surface area contributed by atoms with Gasteiger partial charge < -0.3 is 14.9 Å². The average molecular weight is 198 g/mol. The van der Waals surface area contributed by atoms with Gasteiger partial charge >= 0.3 is 6.09 Å². The monoisotopic (exact) mass is 198 g/mol. The predicted octanol–water partition coefficient (Wildman–Crippen LogP) is 0.383. The standard InChI is InChI=1S/C9H14N2O3/c1-3-8(12)10-4-5-11(9(13)14)7(2)6-10/h3,7H,1,4-6H2,2H3,(H,13,14)/t7-/m0/s1. The van der Waals surface area contributed by atoms with E-state index >= 15 is 0 Å². The van der Waals surface area contributed by atoms with Crippen molar-refractivity contribution in [3.05, 3.63) is 12.7 Å².